The summed E-state index contributed by atoms with van der Waals surface area (Å²) in [6, 6.07) is 17.1. The highest BCUT2D eigenvalue weighted by Crippen LogP contribution is 2.05. The Morgan fingerprint density at radius 3 is 2.64 bits per heavy atom. The monoisotopic (exact) mass is 336 g/mol. The Hall–Kier alpha value is -3.02. The minimum absolute atomic E-state index is 0.0109. The number of amides is 1. The molecule has 3 aromatic rings. The molecule has 128 valence electrons. The van der Waals surface area contributed by atoms with E-state index >= 15 is 0 Å². The number of aromatic nitrogens is 3. The van der Waals surface area contributed by atoms with Crippen molar-refractivity contribution in [1.82, 2.24) is 20.3 Å². The average Bonchev–Trinajstić information content (AvgIpc) is 2.63. The van der Waals surface area contributed by atoms with E-state index in [0.717, 1.165) is 17.5 Å². The van der Waals surface area contributed by atoms with Crippen LogP contribution in [0.1, 0.15) is 18.9 Å². The SMILES string of the molecule is CC(CCc1ccccc1)NC(=O)Cn1nnc2ccccc2c1=O. The number of hydrogen-bond acceptors (Lipinski definition) is 4. The molecule has 0 saturated heterocycles. The zero-order chi connectivity index (χ0) is 17.6. The predicted octanol–water partition coefficient (Wildman–Crippen LogP) is 1.93. The topological polar surface area (TPSA) is 76.9 Å². The second-order valence-corrected chi connectivity index (χ2v) is 6.06. The molecule has 0 aliphatic rings. The average molecular weight is 336 g/mol. The molecule has 3 rings (SSSR count). The lowest BCUT2D eigenvalue weighted by molar-refractivity contribution is -0.122. The summed E-state index contributed by atoms with van der Waals surface area (Å²) in [6.45, 7) is 1.82. The molecule has 1 N–H and O–H groups in total. The Morgan fingerprint density at radius 2 is 1.84 bits per heavy atom. The van der Waals surface area contributed by atoms with Gasteiger partial charge in [0.2, 0.25) is 5.91 Å². The maximum Gasteiger partial charge on any atom is 0.278 e. The van der Waals surface area contributed by atoms with E-state index < -0.39 is 0 Å². The van der Waals surface area contributed by atoms with Gasteiger partial charge in [0.1, 0.15) is 12.1 Å². The first-order valence-corrected chi connectivity index (χ1v) is 8.29. The summed E-state index contributed by atoms with van der Waals surface area (Å²) in [5, 5.41) is 11.2. The Balaban J connectivity index is 1.59. The van der Waals surface area contributed by atoms with Gasteiger partial charge in [0.05, 0.1) is 5.39 Å². The number of carbonyl (C=O) groups is 1. The molecule has 25 heavy (non-hydrogen) atoms. The van der Waals surface area contributed by atoms with Crippen LogP contribution < -0.4 is 10.9 Å². The number of rotatable bonds is 6. The minimum atomic E-state index is -0.308. The van der Waals surface area contributed by atoms with Crippen molar-refractivity contribution in [2.24, 2.45) is 0 Å². The summed E-state index contributed by atoms with van der Waals surface area (Å²) in [4.78, 5) is 24.5. The molecule has 1 unspecified atom stereocenters. The summed E-state index contributed by atoms with van der Waals surface area (Å²) in [5.41, 5.74) is 1.46. The van der Waals surface area contributed by atoms with Crippen LogP contribution in [0, 0.1) is 0 Å². The van der Waals surface area contributed by atoms with Gasteiger partial charge in [-0.05, 0) is 37.5 Å². The van der Waals surface area contributed by atoms with E-state index in [1.807, 2.05) is 25.1 Å². The number of hydrogen-bond donors (Lipinski definition) is 1. The highest BCUT2D eigenvalue weighted by Gasteiger charge is 2.11. The van der Waals surface area contributed by atoms with Crippen LogP contribution in [-0.2, 0) is 17.8 Å². The number of nitrogens with one attached hydrogen (secondary N) is 1. The van der Waals surface area contributed by atoms with Crippen LogP contribution in [0.4, 0.5) is 0 Å². The standard InChI is InChI=1S/C19H20N4O2/c1-14(11-12-15-7-3-2-4-8-15)20-18(24)13-23-19(25)16-9-5-6-10-17(16)21-22-23/h2-10,14H,11-13H2,1H3,(H,20,24). The molecule has 0 spiro atoms. The molecule has 1 aromatic heterocycles. The molecule has 0 saturated carbocycles. The maximum absolute atomic E-state index is 12.3. The zero-order valence-electron chi connectivity index (χ0n) is 14.1. The molecule has 0 radical (unpaired) electrons. The highest BCUT2D eigenvalue weighted by molar-refractivity contribution is 5.78. The summed E-state index contributed by atoms with van der Waals surface area (Å²) < 4.78 is 1.10. The second kappa shape index (κ2) is 7.70. The van der Waals surface area contributed by atoms with Gasteiger partial charge >= 0.3 is 0 Å². The van der Waals surface area contributed by atoms with Crippen molar-refractivity contribution >= 4 is 16.8 Å². The first-order chi connectivity index (χ1) is 12.1. The first-order valence-electron chi connectivity index (χ1n) is 8.29. The third-order valence-corrected chi connectivity index (χ3v) is 4.04. The summed E-state index contributed by atoms with van der Waals surface area (Å²) in [7, 11) is 0. The Labute approximate surface area is 145 Å². The summed E-state index contributed by atoms with van der Waals surface area (Å²) >= 11 is 0. The van der Waals surface area contributed by atoms with Crippen LogP contribution in [0.2, 0.25) is 0 Å². The fourth-order valence-corrected chi connectivity index (χ4v) is 2.68. The fourth-order valence-electron chi connectivity index (χ4n) is 2.68. The number of fused-ring (bicyclic) bond motifs is 1. The van der Waals surface area contributed by atoms with Gasteiger partial charge in [-0.1, -0.05) is 47.7 Å². The molecular formula is C19H20N4O2. The van der Waals surface area contributed by atoms with Gasteiger partial charge in [0.15, 0.2) is 0 Å². The number of nitrogens with zero attached hydrogens (tertiary/aromatic N) is 3. The van der Waals surface area contributed by atoms with E-state index in [1.165, 1.54) is 5.56 Å². The van der Waals surface area contributed by atoms with Gasteiger partial charge in [-0.25, -0.2) is 4.68 Å². The molecule has 1 amide bonds. The largest absolute Gasteiger partial charge is 0.352 e. The van der Waals surface area contributed by atoms with Crippen molar-refractivity contribution in [2.45, 2.75) is 32.4 Å². The van der Waals surface area contributed by atoms with Crippen LogP contribution in [0.3, 0.4) is 0 Å². The molecule has 1 atom stereocenters. The Bertz CT molecular complexity index is 921. The van der Waals surface area contributed by atoms with E-state index in [4.69, 9.17) is 0 Å². The van der Waals surface area contributed by atoms with Gasteiger partial charge in [-0.15, -0.1) is 5.10 Å². The quantitative estimate of drug-likeness (QED) is 0.746. The fraction of sp³-hybridized carbons (Fsp3) is 0.263. The predicted molar refractivity (Wildman–Crippen MR) is 96.2 cm³/mol. The van der Waals surface area contributed by atoms with Crippen molar-refractivity contribution in [3.8, 4) is 0 Å². The highest BCUT2D eigenvalue weighted by atomic mass is 16.2. The molecule has 6 nitrogen and oxygen atoms in total. The summed E-state index contributed by atoms with van der Waals surface area (Å²) in [6.07, 6.45) is 1.71. The van der Waals surface area contributed by atoms with Gasteiger partial charge in [0, 0.05) is 6.04 Å². The maximum atomic E-state index is 12.3. The van der Waals surface area contributed by atoms with Gasteiger partial charge in [0.25, 0.3) is 5.56 Å². The normalized spacial score (nSPS) is 12.0. The lowest BCUT2D eigenvalue weighted by Crippen LogP contribution is -2.38. The summed E-state index contributed by atoms with van der Waals surface area (Å²) in [5.74, 6) is -0.243. The Morgan fingerprint density at radius 1 is 1.12 bits per heavy atom. The van der Waals surface area contributed by atoms with Crippen molar-refractivity contribution < 1.29 is 4.79 Å². The molecule has 2 aromatic carbocycles. The van der Waals surface area contributed by atoms with Crippen molar-refractivity contribution in [3.63, 3.8) is 0 Å². The number of aryl methyl sites for hydroxylation is 1. The molecule has 6 heteroatoms. The van der Waals surface area contributed by atoms with Gasteiger partial charge in [-0.2, -0.15) is 0 Å². The van der Waals surface area contributed by atoms with Crippen molar-refractivity contribution in [1.29, 1.82) is 0 Å². The van der Waals surface area contributed by atoms with Crippen molar-refractivity contribution in [3.05, 3.63) is 70.5 Å². The first kappa shape index (κ1) is 16.8. The van der Waals surface area contributed by atoms with Crippen LogP contribution in [0.25, 0.3) is 10.9 Å². The molecular weight excluding hydrogens is 316 g/mol. The van der Waals surface area contributed by atoms with Crippen molar-refractivity contribution in [2.75, 3.05) is 0 Å². The Kier molecular flexibility index (Phi) is 5.18. The zero-order valence-corrected chi connectivity index (χ0v) is 14.1. The van der Waals surface area contributed by atoms with E-state index in [-0.39, 0.29) is 24.1 Å². The smallest absolute Gasteiger partial charge is 0.278 e. The second-order valence-electron chi connectivity index (χ2n) is 6.06. The van der Waals surface area contributed by atoms with E-state index in [0.29, 0.717) is 10.9 Å². The van der Waals surface area contributed by atoms with Crippen LogP contribution >= 0.6 is 0 Å². The molecule has 0 bridgehead atoms. The number of benzene rings is 2. The molecule has 0 fully saturated rings. The van der Waals surface area contributed by atoms with Gasteiger partial charge in [-0.3, -0.25) is 9.59 Å². The lowest BCUT2D eigenvalue weighted by atomic mass is 10.1. The van der Waals surface area contributed by atoms with Crippen LogP contribution in [-0.4, -0.2) is 26.9 Å². The molecule has 0 aliphatic heterocycles. The van der Waals surface area contributed by atoms with E-state index in [1.54, 1.807) is 24.3 Å². The lowest BCUT2D eigenvalue weighted by Gasteiger charge is -2.14. The third kappa shape index (κ3) is 4.29. The van der Waals surface area contributed by atoms with Crippen LogP contribution in [0.15, 0.2) is 59.4 Å². The van der Waals surface area contributed by atoms with Gasteiger partial charge < -0.3 is 5.32 Å². The molecule has 1 heterocycles. The van der Waals surface area contributed by atoms with E-state index in [9.17, 15) is 9.59 Å². The molecule has 0 aliphatic carbocycles. The third-order valence-electron chi connectivity index (χ3n) is 4.04. The van der Waals surface area contributed by atoms with Crippen LogP contribution in [0.5, 0.6) is 0 Å². The minimum Gasteiger partial charge on any atom is -0.352 e. The number of carbonyl (C=O) groups excluding carboxylic acids is 1. The van der Waals surface area contributed by atoms with E-state index in [2.05, 4.69) is 27.8 Å².